The minimum atomic E-state index is -3.73. The van der Waals surface area contributed by atoms with E-state index in [9.17, 15) is 13.2 Å². The van der Waals surface area contributed by atoms with E-state index >= 15 is 0 Å². The van der Waals surface area contributed by atoms with Crippen LogP contribution in [-0.2, 0) is 10.0 Å². The smallest absolute Gasteiger partial charge is 0.261 e. The Hall–Kier alpha value is -2.94. The number of thiocarbonyl (C=S) groups is 1. The Kier molecular flexibility index (Phi) is 6.71. The van der Waals surface area contributed by atoms with E-state index in [0.717, 1.165) is 0 Å². The van der Waals surface area contributed by atoms with Gasteiger partial charge in [0.15, 0.2) is 10.9 Å². The summed E-state index contributed by atoms with van der Waals surface area (Å²) in [5, 5.41) is 6.80. The molecule has 3 rings (SSSR count). The van der Waals surface area contributed by atoms with Crippen LogP contribution in [0.2, 0.25) is 5.02 Å². The van der Waals surface area contributed by atoms with E-state index in [-0.39, 0.29) is 10.7 Å². The number of carbonyl (C=O) groups is 1. The van der Waals surface area contributed by atoms with E-state index < -0.39 is 10.0 Å². The topological polar surface area (TPSA) is 87.3 Å². The summed E-state index contributed by atoms with van der Waals surface area (Å²) in [4.78, 5) is 11.6. The van der Waals surface area contributed by atoms with Crippen LogP contribution in [0, 0.1) is 0 Å². The predicted octanol–water partition coefficient (Wildman–Crippen LogP) is 5.15. The highest BCUT2D eigenvalue weighted by atomic mass is 35.5. The first kappa shape index (κ1) is 21.8. The number of anilines is 3. The molecule has 0 amide bonds. The Morgan fingerprint density at radius 3 is 2.10 bits per heavy atom. The molecule has 0 bridgehead atoms. The number of benzene rings is 3. The molecule has 0 saturated heterocycles. The van der Waals surface area contributed by atoms with Gasteiger partial charge in [-0.3, -0.25) is 9.52 Å². The summed E-state index contributed by atoms with van der Waals surface area (Å²) in [6, 6.07) is 19.5. The van der Waals surface area contributed by atoms with E-state index in [1.807, 2.05) is 0 Å². The number of nitrogens with one attached hydrogen (secondary N) is 3. The van der Waals surface area contributed by atoms with Crippen LogP contribution in [0.5, 0.6) is 0 Å². The molecule has 3 N–H and O–H groups in total. The third-order valence-electron chi connectivity index (χ3n) is 4.05. The average Bonchev–Trinajstić information content (AvgIpc) is 2.70. The first-order valence-corrected chi connectivity index (χ1v) is 11.1. The van der Waals surface area contributed by atoms with Gasteiger partial charge in [0.1, 0.15) is 0 Å². The SMILES string of the molecule is CC(=O)c1cccc(NC(=S)Nc2ccc(S(=O)(=O)Nc3ccc(Cl)cc3)cc2)c1. The van der Waals surface area contributed by atoms with Gasteiger partial charge < -0.3 is 10.6 Å². The molecule has 0 spiro atoms. The molecule has 0 aliphatic rings. The van der Waals surface area contributed by atoms with Crippen molar-refractivity contribution in [2.45, 2.75) is 11.8 Å². The van der Waals surface area contributed by atoms with Crippen LogP contribution in [-0.4, -0.2) is 19.3 Å². The second kappa shape index (κ2) is 9.25. The fourth-order valence-electron chi connectivity index (χ4n) is 2.56. The van der Waals surface area contributed by atoms with Gasteiger partial charge in [0.05, 0.1) is 4.90 Å². The lowest BCUT2D eigenvalue weighted by Gasteiger charge is -2.12. The first-order valence-electron chi connectivity index (χ1n) is 8.80. The Morgan fingerprint density at radius 2 is 1.47 bits per heavy atom. The van der Waals surface area contributed by atoms with E-state index in [1.165, 1.54) is 19.1 Å². The van der Waals surface area contributed by atoms with Crippen molar-refractivity contribution < 1.29 is 13.2 Å². The molecule has 0 radical (unpaired) electrons. The molecule has 154 valence electrons. The highest BCUT2D eigenvalue weighted by Crippen LogP contribution is 2.20. The minimum absolute atomic E-state index is 0.0402. The summed E-state index contributed by atoms with van der Waals surface area (Å²) < 4.78 is 27.5. The summed E-state index contributed by atoms with van der Waals surface area (Å²) in [6.07, 6.45) is 0. The second-order valence-electron chi connectivity index (χ2n) is 6.35. The second-order valence-corrected chi connectivity index (χ2v) is 8.88. The van der Waals surface area contributed by atoms with Crippen molar-refractivity contribution in [1.82, 2.24) is 0 Å². The van der Waals surface area contributed by atoms with Gasteiger partial charge in [-0.15, -0.1) is 0 Å². The van der Waals surface area contributed by atoms with Crippen LogP contribution in [0.25, 0.3) is 0 Å². The zero-order valence-corrected chi connectivity index (χ0v) is 18.2. The molecule has 0 saturated carbocycles. The number of hydrogen-bond donors (Lipinski definition) is 3. The number of Topliss-reactive ketones (excluding diaryl/α,β-unsaturated/α-hetero) is 1. The van der Waals surface area contributed by atoms with Crippen molar-refractivity contribution in [3.05, 3.63) is 83.4 Å². The highest BCUT2D eigenvalue weighted by Gasteiger charge is 2.14. The van der Waals surface area contributed by atoms with E-state index in [0.29, 0.717) is 32.8 Å². The van der Waals surface area contributed by atoms with Gasteiger partial charge in [0, 0.05) is 27.6 Å². The lowest BCUT2D eigenvalue weighted by Crippen LogP contribution is -2.19. The summed E-state index contributed by atoms with van der Waals surface area (Å²) in [5.41, 5.74) is 2.28. The van der Waals surface area contributed by atoms with Crippen molar-refractivity contribution >= 4 is 61.8 Å². The number of hydrogen-bond acceptors (Lipinski definition) is 4. The molecule has 3 aromatic rings. The van der Waals surface area contributed by atoms with Crippen molar-refractivity contribution in [3.63, 3.8) is 0 Å². The van der Waals surface area contributed by atoms with Crippen LogP contribution >= 0.6 is 23.8 Å². The highest BCUT2D eigenvalue weighted by molar-refractivity contribution is 7.92. The van der Waals surface area contributed by atoms with Crippen LogP contribution in [0.15, 0.2) is 77.7 Å². The molecule has 0 atom stereocenters. The van der Waals surface area contributed by atoms with Crippen LogP contribution < -0.4 is 15.4 Å². The zero-order valence-electron chi connectivity index (χ0n) is 15.8. The average molecular weight is 460 g/mol. The number of sulfonamides is 1. The third-order valence-corrected chi connectivity index (χ3v) is 5.90. The van der Waals surface area contributed by atoms with Crippen molar-refractivity contribution in [2.24, 2.45) is 0 Å². The summed E-state index contributed by atoms with van der Waals surface area (Å²) in [7, 11) is -3.73. The standard InChI is InChI=1S/C21H18ClN3O3S2/c1-14(26)15-3-2-4-19(13-15)24-21(29)23-17-9-11-20(12-10-17)30(27,28)25-18-7-5-16(22)6-8-18/h2-13,25H,1H3,(H2,23,24,29). The van der Waals surface area contributed by atoms with E-state index in [4.69, 9.17) is 23.8 Å². The quantitative estimate of drug-likeness (QED) is 0.349. The van der Waals surface area contributed by atoms with Gasteiger partial charge in [0.25, 0.3) is 10.0 Å². The first-order chi connectivity index (χ1) is 14.2. The summed E-state index contributed by atoms with van der Waals surface area (Å²) in [5.74, 6) is -0.0402. The molecule has 0 aliphatic heterocycles. The minimum Gasteiger partial charge on any atom is -0.332 e. The fraction of sp³-hybridized carbons (Fsp3) is 0.0476. The maximum absolute atomic E-state index is 12.5. The number of halogens is 1. The molecule has 0 aliphatic carbocycles. The van der Waals surface area contributed by atoms with Gasteiger partial charge in [-0.05, 0) is 79.8 Å². The fourth-order valence-corrected chi connectivity index (χ4v) is 3.98. The Morgan fingerprint density at radius 1 is 0.867 bits per heavy atom. The molecule has 30 heavy (non-hydrogen) atoms. The lowest BCUT2D eigenvalue weighted by atomic mass is 10.1. The van der Waals surface area contributed by atoms with Crippen LogP contribution in [0.4, 0.5) is 17.1 Å². The van der Waals surface area contributed by atoms with Gasteiger partial charge in [-0.25, -0.2) is 8.42 Å². The Bertz CT molecular complexity index is 1180. The predicted molar refractivity (Wildman–Crippen MR) is 125 cm³/mol. The molecule has 0 unspecified atom stereocenters. The molecule has 6 nitrogen and oxygen atoms in total. The summed E-state index contributed by atoms with van der Waals surface area (Å²) >= 11 is 11.1. The van der Waals surface area contributed by atoms with Gasteiger partial charge >= 0.3 is 0 Å². The molecule has 0 heterocycles. The monoisotopic (exact) mass is 459 g/mol. The van der Waals surface area contributed by atoms with Crippen LogP contribution in [0.3, 0.4) is 0 Å². The number of rotatable bonds is 6. The van der Waals surface area contributed by atoms with Gasteiger partial charge in [-0.2, -0.15) is 0 Å². The zero-order chi connectivity index (χ0) is 21.7. The maximum atomic E-state index is 12.5. The molecule has 9 heteroatoms. The van der Waals surface area contributed by atoms with Gasteiger partial charge in [-0.1, -0.05) is 23.7 Å². The number of ketones is 1. The largest absolute Gasteiger partial charge is 0.332 e. The normalized spacial score (nSPS) is 10.9. The van der Waals surface area contributed by atoms with Crippen molar-refractivity contribution in [3.8, 4) is 0 Å². The van der Waals surface area contributed by atoms with Crippen LogP contribution in [0.1, 0.15) is 17.3 Å². The van der Waals surface area contributed by atoms with Gasteiger partial charge in [0.2, 0.25) is 0 Å². The third kappa shape index (κ3) is 5.79. The molecular formula is C21H18ClN3O3S2. The summed E-state index contributed by atoms with van der Waals surface area (Å²) in [6.45, 7) is 1.49. The van der Waals surface area contributed by atoms with E-state index in [1.54, 1.807) is 60.7 Å². The van der Waals surface area contributed by atoms with Crippen molar-refractivity contribution in [1.29, 1.82) is 0 Å². The maximum Gasteiger partial charge on any atom is 0.261 e. The molecule has 0 fully saturated rings. The number of carbonyl (C=O) groups excluding carboxylic acids is 1. The lowest BCUT2D eigenvalue weighted by molar-refractivity contribution is 0.101. The molecule has 0 aromatic heterocycles. The van der Waals surface area contributed by atoms with Crippen molar-refractivity contribution in [2.75, 3.05) is 15.4 Å². The van der Waals surface area contributed by atoms with E-state index in [2.05, 4.69) is 15.4 Å². The molecular weight excluding hydrogens is 442 g/mol. The molecule has 3 aromatic carbocycles. The Labute approximate surface area is 185 Å². The Balaban J connectivity index is 1.65.